The second kappa shape index (κ2) is 6.38. The molecular weight excluding hydrogens is 218 g/mol. The molecule has 0 bridgehead atoms. The third-order valence-electron chi connectivity index (χ3n) is 3.49. The third kappa shape index (κ3) is 5.22. The molecule has 0 amide bonds. The van der Waals surface area contributed by atoms with Crippen molar-refractivity contribution in [1.29, 1.82) is 0 Å². The summed E-state index contributed by atoms with van der Waals surface area (Å²) >= 11 is 0. The second-order valence-corrected chi connectivity index (χ2v) is 6.93. The Hall–Kier alpha value is -0.820. The van der Waals surface area contributed by atoms with Crippen molar-refractivity contribution in [3.8, 4) is 0 Å². The van der Waals surface area contributed by atoms with E-state index in [9.17, 15) is 0 Å². The zero-order chi connectivity index (χ0) is 13.8. The highest BCUT2D eigenvalue weighted by atomic mass is 14.7. The fourth-order valence-electron chi connectivity index (χ4n) is 2.14. The van der Waals surface area contributed by atoms with Gasteiger partial charge in [0.15, 0.2) is 0 Å². The fourth-order valence-corrected chi connectivity index (χ4v) is 2.14. The Morgan fingerprint density at radius 3 is 2.28 bits per heavy atom. The van der Waals surface area contributed by atoms with Crippen LogP contribution in [0, 0.1) is 11.3 Å². The first-order valence-electron chi connectivity index (χ1n) is 7.12. The van der Waals surface area contributed by atoms with Gasteiger partial charge in [-0.3, -0.25) is 0 Å². The predicted octanol–water partition coefficient (Wildman–Crippen LogP) is 4.19. The molecule has 0 aliphatic heterocycles. The average Bonchev–Trinajstić information content (AvgIpc) is 2.24. The SMILES string of the molecule is CC(C)Cc1cccc(CCC(N)C(C)(C)C)c1. The first-order chi connectivity index (χ1) is 8.29. The quantitative estimate of drug-likeness (QED) is 0.829. The highest BCUT2D eigenvalue weighted by Gasteiger charge is 2.19. The monoisotopic (exact) mass is 247 g/mol. The summed E-state index contributed by atoms with van der Waals surface area (Å²) in [5.41, 5.74) is 9.30. The van der Waals surface area contributed by atoms with Crippen molar-refractivity contribution >= 4 is 0 Å². The van der Waals surface area contributed by atoms with Crippen molar-refractivity contribution in [3.05, 3.63) is 35.4 Å². The Bertz CT molecular complexity index is 360. The zero-order valence-corrected chi connectivity index (χ0v) is 12.7. The Labute approximate surface area is 113 Å². The molecule has 0 saturated heterocycles. The zero-order valence-electron chi connectivity index (χ0n) is 12.7. The van der Waals surface area contributed by atoms with Gasteiger partial charge in [0, 0.05) is 6.04 Å². The predicted molar refractivity (Wildman–Crippen MR) is 80.7 cm³/mol. The summed E-state index contributed by atoms with van der Waals surface area (Å²) in [4.78, 5) is 0. The molecule has 0 radical (unpaired) electrons. The van der Waals surface area contributed by atoms with Crippen molar-refractivity contribution in [2.75, 3.05) is 0 Å². The van der Waals surface area contributed by atoms with E-state index in [2.05, 4.69) is 58.9 Å². The first-order valence-corrected chi connectivity index (χ1v) is 7.12. The molecule has 0 aliphatic rings. The third-order valence-corrected chi connectivity index (χ3v) is 3.49. The van der Waals surface area contributed by atoms with Crippen molar-refractivity contribution in [2.24, 2.45) is 17.1 Å². The Morgan fingerprint density at radius 1 is 1.11 bits per heavy atom. The standard InChI is InChI=1S/C17H29N/c1-13(2)11-15-8-6-7-14(12-15)9-10-16(18)17(3,4)5/h6-8,12-13,16H,9-11,18H2,1-5H3. The minimum absolute atomic E-state index is 0.204. The minimum atomic E-state index is 0.204. The van der Waals surface area contributed by atoms with Crippen LogP contribution >= 0.6 is 0 Å². The smallest absolute Gasteiger partial charge is 0.00908 e. The van der Waals surface area contributed by atoms with Crippen molar-refractivity contribution in [3.63, 3.8) is 0 Å². The van der Waals surface area contributed by atoms with Crippen molar-refractivity contribution in [2.45, 2.75) is 59.9 Å². The normalized spacial score (nSPS) is 13.9. The molecule has 1 aromatic carbocycles. The lowest BCUT2D eigenvalue weighted by Crippen LogP contribution is -2.35. The van der Waals surface area contributed by atoms with Crippen molar-refractivity contribution < 1.29 is 0 Å². The van der Waals surface area contributed by atoms with Gasteiger partial charge in [-0.2, -0.15) is 0 Å². The molecule has 0 aliphatic carbocycles. The molecule has 0 fully saturated rings. The number of aryl methyl sites for hydroxylation is 1. The number of rotatable bonds is 5. The molecule has 1 heteroatoms. The van der Waals surface area contributed by atoms with E-state index in [1.165, 1.54) is 17.5 Å². The molecule has 0 spiro atoms. The Kier molecular flexibility index (Phi) is 5.40. The van der Waals surface area contributed by atoms with Crippen LogP contribution in [0.2, 0.25) is 0 Å². The van der Waals surface area contributed by atoms with Gasteiger partial charge < -0.3 is 5.73 Å². The average molecular weight is 247 g/mol. The summed E-state index contributed by atoms with van der Waals surface area (Å²) in [7, 11) is 0. The molecule has 1 rings (SSSR count). The van der Waals surface area contributed by atoms with E-state index >= 15 is 0 Å². The fraction of sp³-hybridized carbons (Fsp3) is 0.647. The second-order valence-electron chi connectivity index (χ2n) is 6.93. The van der Waals surface area contributed by atoms with Gasteiger partial charge in [0.2, 0.25) is 0 Å². The Balaban J connectivity index is 2.57. The van der Waals surface area contributed by atoms with Gasteiger partial charge in [-0.25, -0.2) is 0 Å². The molecule has 2 N–H and O–H groups in total. The maximum absolute atomic E-state index is 6.22. The van der Waals surface area contributed by atoms with E-state index in [4.69, 9.17) is 5.73 Å². The van der Waals surface area contributed by atoms with Gasteiger partial charge in [-0.15, -0.1) is 0 Å². The molecule has 0 heterocycles. The summed E-state index contributed by atoms with van der Waals surface area (Å²) in [6, 6.07) is 9.24. The van der Waals surface area contributed by atoms with Crippen LogP contribution in [0.4, 0.5) is 0 Å². The Morgan fingerprint density at radius 2 is 1.72 bits per heavy atom. The molecular formula is C17H29N. The molecule has 1 aromatic rings. The van der Waals surface area contributed by atoms with Crippen LogP contribution in [0.25, 0.3) is 0 Å². The van der Waals surface area contributed by atoms with Crippen LogP contribution in [0.15, 0.2) is 24.3 Å². The highest BCUT2D eigenvalue weighted by molar-refractivity contribution is 5.24. The lowest BCUT2D eigenvalue weighted by Gasteiger charge is -2.27. The van der Waals surface area contributed by atoms with Gasteiger partial charge in [0.1, 0.15) is 0 Å². The summed E-state index contributed by atoms with van der Waals surface area (Å²) < 4.78 is 0. The summed E-state index contributed by atoms with van der Waals surface area (Å²) in [6.07, 6.45) is 3.32. The van der Waals surface area contributed by atoms with Gasteiger partial charge in [0.25, 0.3) is 0 Å². The summed E-state index contributed by atoms with van der Waals surface area (Å²) in [6.45, 7) is 11.2. The molecule has 18 heavy (non-hydrogen) atoms. The van der Waals surface area contributed by atoms with E-state index in [-0.39, 0.29) is 11.5 Å². The maximum Gasteiger partial charge on any atom is 0.00908 e. The van der Waals surface area contributed by atoms with Gasteiger partial charge >= 0.3 is 0 Å². The van der Waals surface area contributed by atoms with E-state index in [0.717, 1.165) is 18.8 Å². The molecule has 1 nitrogen and oxygen atoms in total. The molecule has 0 saturated carbocycles. The van der Waals surface area contributed by atoms with E-state index in [1.807, 2.05) is 0 Å². The van der Waals surface area contributed by atoms with E-state index in [0.29, 0.717) is 0 Å². The summed E-state index contributed by atoms with van der Waals surface area (Å²) in [5.74, 6) is 0.720. The van der Waals surface area contributed by atoms with Crippen LogP contribution in [-0.2, 0) is 12.8 Å². The molecule has 0 aromatic heterocycles. The summed E-state index contributed by atoms with van der Waals surface area (Å²) in [5, 5.41) is 0. The van der Waals surface area contributed by atoms with Crippen molar-refractivity contribution in [1.82, 2.24) is 0 Å². The number of hydrogen-bond acceptors (Lipinski definition) is 1. The molecule has 1 unspecified atom stereocenters. The molecule has 1 atom stereocenters. The topological polar surface area (TPSA) is 26.0 Å². The molecule has 102 valence electrons. The van der Waals surface area contributed by atoms with E-state index < -0.39 is 0 Å². The van der Waals surface area contributed by atoms with E-state index in [1.54, 1.807) is 0 Å². The number of nitrogens with two attached hydrogens (primary N) is 1. The van der Waals surface area contributed by atoms with Crippen LogP contribution in [0.5, 0.6) is 0 Å². The lowest BCUT2D eigenvalue weighted by molar-refractivity contribution is 0.306. The van der Waals surface area contributed by atoms with Crippen LogP contribution < -0.4 is 5.73 Å². The number of hydrogen-bond donors (Lipinski definition) is 1. The lowest BCUT2D eigenvalue weighted by atomic mass is 9.84. The largest absolute Gasteiger partial charge is 0.327 e. The van der Waals surface area contributed by atoms with Crippen LogP contribution in [0.1, 0.15) is 52.2 Å². The van der Waals surface area contributed by atoms with Gasteiger partial charge in [0.05, 0.1) is 0 Å². The van der Waals surface area contributed by atoms with Gasteiger partial charge in [-0.05, 0) is 41.7 Å². The number of benzene rings is 1. The first kappa shape index (κ1) is 15.2. The highest BCUT2D eigenvalue weighted by Crippen LogP contribution is 2.21. The van der Waals surface area contributed by atoms with Gasteiger partial charge in [-0.1, -0.05) is 58.9 Å². The van der Waals surface area contributed by atoms with Crippen LogP contribution in [0.3, 0.4) is 0 Å². The minimum Gasteiger partial charge on any atom is -0.327 e. The maximum atomic E-state index is 6.22. The van der Waals surface area contributed by atoms with Crippen LogP contribution in [-0.4, -0.2) is 6.04 Å².